The molecule has 1 aliphatic heterocycles. The van der Waals surface area contributed by atoms with Gasteiger partial charge in [-0.2, -0.15) is 0 Å². The van der Waals surface area contributed by atoms with Crippen LogP contribution in [0, 0.1) is 26.6 Å². The summed E-state index contributed by atoms with van der Waals surface area (Å²) in [6.07, 6.45) is 1.12. The van der Waals surface area contributed by atoms with E-state index in [1.165, 1.54) is 10.4 Å². The first-order chi connectivity index (χ1) is 14.1. The van der Waals surface area contributed by atoms with Gasteiger partial charge < -0.3 is 9.80 Å². The summed E-state index contributed by atoms with van der Waals surface area (Å²) in [4.78, 5) is 16.5. The van der Waals surface area contributed by atoms with E-state index in [0.717, 1.165) is 22.9 Å². The molecule has 1 fully saturated rings. The quantitative estimate of drug-likeness (QED) is 0.728. The Labute approximate surface area is 177 Å². The van der Waals surface area contributed by atoms with Crippen LogP contribution in [0.4, 0.5) is 15.8 Å². The van der Waals surface area contributed by atoms with Crippen molar-refractivity contribution in [2.24, 2.45) is 0 Å². The van der Waals surface area contributed by atoms with Crippen LogP contribution >= 0.6 is 0 Å². The van der Waals surface area contributed by atoms with Crippen LogP contribution in [0.5, 0.6) is 0 Å². The van der Waals surface area contributed by atoms with Crippen LogP contribution in [0.1, 0.15) is 16.7 Å². The molecule has 2 aromatic carbocycles. The fourth-order valence-electron chi connectivity index (χ4n) is 4.06. The van der Waals surface area contributed by atoms with Crippen LogP contribution in [0.3, 0.4) is 0 Å². The van der Waals surface area contributed by atoms with E-state index >= 15 is 0 Å². The number of sulfonamides is 1. The van der Waals surface area contributed by atoms with E-state index in [4.69, 9.17) is 0 Å². The molecule has 0 spiro atoms. The van der Waals surface area contributed by atoms with Crippen LogP contribution in [0.15, 0.2) is 36.4 Å². The van der Waals surface area contributed by atoms with Crippen molar-refractivity contribution in [1.29, 1.82) is 0 Å². The fraction of sp³-hybridized carbons (Fsp3) is 0.409. The molecule has 0 bridgehead atoms. The van der Waals surface area contributed by atoms with Gasteiger partial charge in [0.15, 0.2) is 0 Å². The third kappa shape index (κ3) is 4.75. The Morgan fingerprint density at radius 3 is 2.13 bits per heavy atom. The van der Waals surface area contributed by atoms with Gasteiger partial charge in [-0.05, 0) is 44.0 Å². The molecule has 6 nitrogen and oxygen atoms in total. The summed E-state index contributed by atoms with van der Waals surface area (Å²) in [5, 5.41) is 0. The van der Waals surface area contributed by atoms with E-state index in [0.29, 0.717) is 37.6 Å². The number of amides is 1. The highest BCUT2D eigenvalue weighted by molar-refractivity contribution is 7.92. The largest absolute Gasteiger partial charge is 0.366 e. The summed E-state index contributed by atoms with van der Waals surface area (Å²) in [6, 6.07) is 10.4. The number of rotatable bonds is 5. The smallest absolute Gasteiger partial charge is 0.243 e. The number of aryl methyl sites for hydroxylation is 3. The predicted octanol–water partition coefficient (Wildman–Crippen LogP) is 2.87. The summed E-state index contributed by atoms with van der Waals surface area (Å²) >= 11 is 0. The molecular formula is C22H28FN3O3S. The van der Waals surface area contributed by atoms with Gasteiger partial charge in [0.2, 0.25) is 15.9 Å². The minimum Gasteiger partial charge on any atom is -0.366 e. The van der Waals surface area contributed by atoms with Gasteiger partial charge in [0, 0.05) is 26.2 Å². The predicted molar refractivity (Wildman–Crippen MR) is 118 cm³/mol. The minimum atomic E-state index is -3.64. The summed E-state index contributed by atoms with van der Waals surface area (Å²) in [5.41, 5.74) is 3.75. The molecular weight excluding hydrogens is 405 g/mol. The van der Waals surface area contributed by atoms with Crippen molar-refractivity contribution in [3.05, 3.63) is 58.9 Å². The van der Waals surface area contributed by atoms with Gasteiger partial charge in [0.05, 0.1) is 17.6 Å². The van der Waals surface area contributed by atoms with Crippen molar-refractivity contribution in [3.63, 3.8) is 0 Å². The molecule has 1 amide bonds. The summed E-state index contributed by atoms with van der Waals surface area (Å²) in [6.45, 7) is 7.23. The number of piperazine rings is 1. The molecule has 0 aromatic heterocycles. The van der Waals surface area contributed by atoms with Gasteiger partial charge in [-0.15, -0.1) is 0 Å². The number of hydrogen-bond acceptors (Lipinski definition) is 4. The second-order valence-corrected chi connectivity index (χ2v) is 9.74. The second-order valence-electron chi connectivity index (χ2n) is 7.84. The Morgan fingerprint density at radius 1 is 1.03 bits per heavy atom. The number of benzene rings is 2. The van der Waals surface area contributed by atoms with Crippen molar-refractivity contribution in [2.45, 2.75) is 20.8 Å². The third-order valence-corrected chi connectivity index (χ3v) is 6.50. The normalized spacial score (nSPS) is 14.7. The monoisotopic (exact) mass is 433 g/mol. The lowest BCUT2D eigenvalue weighted by Crippen LogP contribution is -2.52. The van der Waals surface area contributed by atoms with Crippen molar-refractivity contribution in [3.8, 4) is 0 Å². The molecule has 3 rings (SSSR count). The van der Waals surface area contributed by atoms with Crippen LogP contribution in [-0.2, 0) is 14.8 Å². The van der Waals surface area contributed by atoms with E-state index in [-0.39, 0.29) is 18.3 Å². The van der Waals surface area contributed by atoms with Gasteiger partial charge in [0.25, 0.3) is 0 Å². The average Bonchev–Trinajstić information content (AvgIpc) is 2.66. The van der Waals surface area contributed by atoms with Crippen LogP contribution in [-0.4, -0.2) is 58.2 Å². The molecule has 0 atom stereocenters. The molecule has 0 unspecified atom stereocenters. The topological polar surface area (TPSA) is 60.9 Å². The first kappa shape index (κ1) is 22.1. The first-order valence-corrected chi connectivity index (χ1v) is 11.8. The molecule has 1 saturated heterocycles. The number of halogens is 1. The highest BCUT2D eigenvalue weighted by Gasteiger charge is 2.28. The molecule has 1 aliphatic rings. The molecule has 162 valence electrons. The lowest BCUT2D eigenvalue weighted by atomic mass is 10.1. The molecule has 30 heavy (non-hydrogen) atoms. The number of carbonyl (C=O) groups is 1. The van der Waals surface area contributed by atoms with E-state index in [2.05, 4.69) is 0 Å². The third-order valence-electron chi connectivity index (χ3n) is 5.39. The lowest BCUT2D eigenvalue weighted by molar-refractivity contribution is -0.129. The highest BCUT2D eigenvalue weighted by Crippen LogP contribution is 2.28. The zero-order valence-corrected chi connectivity index (χ0v) is 18.7. The molecule has 0 radical (unpaired) electrons. The van der Waals surface area contributed by atoms with Crippen LogP contribution < -0.4 is 9.21 Å². The standard InChI is InChI=1S/C22H28FN3O3S/c1-16-13-17(2)22(18(3)14-16)26(30(4,28)29)15-21(27)25-11-9-24(10-12-25)20-8-6-5-7-19(20)23/h5-8,13-14H,9-12,15H2,1-4H3. The maximum atomic E-state index is 14.0. The number of hydrogen-bond donors (Lipinski definition) is 0. The van der Waals surface area contributed by atoms with Crippen molar-refractivity contribution in [2.75, 3.05) is 48.2 Å². The molecule has 8 heteroatoms. The van der Waals surface area contributed by atoms with Gasteiger partial charge >= 0.3 is 0 Å². The van der Waals surface area contributed by atoms with Gasteiger partial charge in [-0.25, -0.2) is 12.8 Å². The maximum absolute atomic E-state index is 14.0. The van der Waals surface area contributed by atoms with E-state index in [1.807, 2.05) is 37.8 Å². The summed E-state index contributed by atoms with van der Waals surface area (Å²) in [5.74, 6) is -0.543. The Bertz CT molecular complexity index is 1020. The molecule has 2 aromatic rings. The van der Waals surface area contributed by atoms with Crippen molar-refractivity contribution < 1.29 is 17.6 Å². The number of nitrogens with zero attached hydrogens (tertiary/aromatic N) is 3. The van der Waals surface area contributed by atoms with Crippen LogP contribution in [0.25, 0.3) is 0 Å². The molecule has 0 N–H and O–H groups in total. The Hall–Kier alpha value is -2.61. The van der Waals surface area contributed by atoms with Gasteiger partial charge in [0.1, 0.15) is 12.4 Å². The Morgan fingerprint density at radius 2 is 1.60 bits per heavy atom. The summed E-state index contributed by atoms with van der Waals surface area (Å²) in [7, 11) is -3.64. The Balaban J connectivity index is 1.75. The van der Waals surface area contributed by atoms with E-state index < -0.39 is 10.0 Å². The number of para-hydroxylation sites is 1. The van der Waals surface area contributed by atoms with Gasteiger partial charge in [-0.3, -0.25) is 9.10 Å². The van der Waals surface area contributed by atoms with Crippen molar-refractivity contribution in [1.82, 2.24) is 4.90 Å². The van der Waals surface area contributed by atoms with E-state index in [9.17, 15) is 17.6 Å². The first-order valence-electron chi connectivity index (χ1n) is 9.90. The second kappa shape index (κ2) is 8.63. The number of anilines is 2. The van der Waals surface area contributed by atoms with Crippen LogP contribution in [0.2, 0.25) is 0 Å². The fourth-order valence-corrected chi connectivity index (χ4v) is 5.02. The zero-order valence-electron chi connectivity index (χ0n) is 17.9. The lowest BCUT2D eigenvalue weighted by Gasteiger charge is -2.37. The van der Waals surface area contributed by atoms with Crippen molar-refractivity contribution >= 4 is 27.3 Å². The van der Waals surface area contributed by atoms with E-state index in [1.54, 1.807) is 23.1 Å². The SMILES string of the molecule is Cc1cc(C)c(N(CC(=O)N2CCN(c3ccccc3F)CC2)S(C)(=O)=O)c(C)c1. The molecule has 0 saturated carbocycles. The summed E-state index contributed by atoms with van der Waals surface area (Å²) < 4.78 is 40.3. The minimum absolute atomic E-state index is 0.247. The number of carbonyl (C=O) groups excluding carboxylic acids is 1. The molecule has 1 heterocycles. The highest BCUT2D eigenvalue weighted by atomic mass is 32.2. The zero-order chi connectivity index (χ0) is 22.1. The molecule has 0 aliphatic carbocycles. The Kier molecular flexibility index (Phi) is 6.36. The average molecular weight is 434 g/mol. The van der Waals surface area contributed by atoms with Gasteiger partial charge in [-0.1, -0.05) is 29.8 Å². The maximum Gasteiger partial charge on any atom is 0.243 e.